The van der Waals surface area contributed by atoms with E-state index in [0.717, 1.165) is 15.2 Å². The number of hydrogen-bond acceptors (Lipinski definition) is 4. The van der Waals surface area contributed by atoms with Crippen molar-refractivity contribution in [1.29, 1.82) is 0 Å². The first-order chi connectivity index (χ1) is 11.1. The van der Waals surface area contributed by atoms with Crippen LogP contribution in [0.3, 0.4) is 0 Å². The van der Waals surface area contributed by atoms with Gasteiger partial charge in [0, 0.05) is 10.8 Å². The number of thiazole rings is 1. The second-order valence-corrected chi connectivity index (χ2v) is 7.38. The molecule has 0 saturated heterocycles. The Morgan fingerprint density at radius 3 is 2.57 bits per heavy atom. The zero-order valence-corrected chi connectivity index (χ0v) is 13.7. The predicted molar refractivity (Wildman–Crippen MR) is 89.0 cm³/mol. The van der Waals surface area contributed by atoms with Crippen LogP contribution in [0.25, 0.3) is 15.2 Å². The van der Waals surface area contributed by atoms with Crippen LogP contribution in [0.1, 0.15) is 17.7 Å². The van der Waals surface area contributed by atoms with Crippen molar-refractivity contribution in [3.63, 3.8) is 0 Å². The Morgan fingerprint density at radius 1 is 1.04 bits per heavy atom. The lowest BCUT2D eigenvalue weighted by Gasteiger charge is -2.12. The van der Waals surface area contributed by atoms with E-state index < -0.39 is 16.9 Å². The molecular formula is C16H11F2N3S2. The van der Waals surface area contributed by atoms with Crippen molar-refractivity contribution in [2.45, 2.75) is 17.3 Å². The van der Waals surface area contributed by atoms with Gasteiger partial charge in [0.1, 0.15) is 11.6 Å². The Hall–Kier alpha value is -1.99. The standard InChI is InChI=1S/C16H11F2N3S2/c1-9(14-10(17)5-4-6-11(14)18)22-15-19-20-16-21(15)12-7-2-3-8-13(12)23-16/h2-9H,1H3/t9-/m0/s1. The minimum atomic E-state index is -0.541. The molecule has 0 aliphatic rings. The topological polar surface area (TPSA) is 30.2 Å². The van der Waals surface area contributed by atoms with Crippen molar-refractivity contribution < 1.29 is 8.78 Å². The summed E-state index contributed by atoms with van der Waals surface area (Å²) in [6.45, 7) is 1.77. The summed E-state index contributed by atoms with van der Waals surface area (Å²) in [7, 11) is 0. The molecule has 0 saturated carbocycles. The quantitative estimate of drug-likeness (QED) is 0.484. The van der Waals surface area contributed by atoms with Gasteiger partial charge in [0.15, 0.2) is 5.16 Å². The Balaban J connectivity index is 1.78. The summed E-state index contributed by atoms with van der Waals surface area (Å²) < 4.78 is 30.9. The van der Waals surface area contributed by atoms with E-state index in [-0.39, 0.29) is 5.56 Å². The Bertz CT molecular complexity index is 989. The number of rotatable bonds is 3. The lowest BCUT2D eigenvalue weighted by molar-refractivity contribution is 0.557. The maximum absolute atomic E-state index is 13.9. The molecule has 2 aromatic carbocycles. The summed E-state index contributed by atoms with van der Waals surface area (Å²) >= 11 is 2.84. The highest BCUT2D eigenvalue weighted by Crippen LogP contribution is 2.38. The van der Waals surface area contributed by atoms with Crippen LogP contribution in [-0.2, 0) is 0 Å². The van der Waals surface area contributed by atoms with E-state index in [0.29, 0.717) is 5.16 Å². The third-order valence-electron chi connectivity index (χ3n) is 3.60. The third-order valence-corrected chi connectivity index (χ3v) is 5.68. The molecule has 0 fully saturated rings. The molecule has 7 heteroatoms. The van der Waals surface area contributed by atoms with Gasteiger partial charge in [-0.25, -0.2) is 8.78 Å². The molecule has 0 aliphatic heterocycles. The Labute approximate surface area is 139 Å². The first kappa shape index (κ1) is 14.6. The molecular weight excluding hydrogens is 336 g/mol. The average molecular weight is 347 g/mol. The van der Waals surface area contributed by atoms with Gasteiger partial charge >= 0.3 is 0 Å². The number of thioether (sulfide) groups is 1. The van der Waals surface area contributed by atoms with Crippen LogP contribution < -0.4 is 0 Å². The SMILES string of the molecule is C[C@H](Sc1nnc2sc3ccccc3n12)c1c(F)cccc1F. The summed E-state index contributed by atoms with van der Waals surface area (Å²) in [6.07, 6.45) is 0. The fourth-order valence-corrected chi connectivity index (χ4v) is 4.61. The first-order valence-electron chi connectivity index (χ1n) is 6.98. The van der Waals surface area contributed by atoms with Crippen molar-refractivity contribution in [2.24, 2.45) is 0 Å². The van der Waals surface area contributed by atoms with Gasteiger partial charge in [-0.3, -0.25) is 4.40 Å². The molecule has 1 atom stereocenters. The van der Waals surface area contributed by atoms with Crippen LogP contribution in [0.5, 0.6) is 0 Å². The largest absolute Gasteiger partial charge is 0.260 e. The molecule has 3 nitrogen and oxygen atoms in total. The van der Waals surface area contributed by atoms with Crippen molar-refractivity contribution in [3.05, 3.63) is 59.7 Å². The number of nitrogens with zero attached hydrogens (tertiary/aromatic N) is 3. The number of halogens is 2. The van der Waals surface area contributed by atoms with Gasteiger partial charge in [-0.1, -0.05) is 41.3 Å². The monoisotopic (exact) mass is 347 g/mol. The fourth-order valence-electron chi connectivity index (χ4n) is 2.55. The van der Waals surface area contributed by atoms with E-state index in [1.807, 2.05) is 28.7 Å². The summed E-state index contributed by atoms with van der Waals surface area (Å²) in [5, 5.41) is 8.56. The van der Waals surface area contributed by atoms with Crippen molar-refractivity contribution in [3.8, 4) is 0 Å². The van der Waals surface area contributed by atoms with Gasteiger partial charge in [0.25, 0.3) is 0 Å². The zero-order chi connectivity index (χ0) is 16.0. The zero-order valence-electron chi connectivity index (χ0n) is 12.0. The van der Waals surface area contributed by atoms with Crippen LogP contribution in [0.4, 0.5) is 8.78 Å². The molecule has 4 aromatic rings. The smallest absolute Gasteiger partial charge is 0.217 e. The molecule has 0 radical (unpaired) electrons. The summed E-state index contributed by atoms with van der Waals surface area (Å²) in [5.41, 5.74) is 1.06. The predicted octanol–water partition coefficient (Wildman–Crippen LogP) is 5.08. The number of fused-ring (bicyclic) bond motifs is 3. The van der Waals surface area contributed by atoms with Gasteiger partial charge in [0.2, 0.25) is 4.96 Å². The molecule has 0 unspecified atom stereocenters. The molecule has 2 heterocycles. The molecule has 0 N–H and O–H groups in total. The number of benzene rings is 2. The Morgan fingerprint density at radius 2 is 1.78 bits per heavy atom. The number of hydrogen-bond donors (Lipinski definition) is 0. The number of para-hydroxylation sites is 1. The van der Waals surface area contributed by atoms with Crippen molar-refractivity contribution >= 4 is 38.3 Å². The van der Waals surface area contributed by atoms with Gasteiger partial charge in [-0.15, -0.1) is 10.2 Å². The van der Waals surface area contributed by atoms with Crippen LogP contribution in [-0.4, -0.2) is 14.6 Å². The second kappa shape index (κ2) is 5.58. The van der Waals surface area contributed by atoms with Gasteiger partial charge < -0.3 is 0 Å². The van der Waals surface area contributed by atoms with E-state index >= 15 is 0 Å². The minimum Gasteiger partial charge on any atom is -0.260 e. The highest BCUT2D eigenvalue weighted by Gasteiger charge is 2.21. The summed E-state index contributed by atoms with van der Waals surface area (Å²) in [5.74, 6) is -1.08. The minimum absolute atomic E-state index is 0.0637. The molecule has 23 heavy (non-hydrogen) atoms. The Kier molecular flexibility index (Phi) is 3.54. The maximum Gasteiger partial charge on any atom is 0.217 e. The van der Waals surface area contributed by atoms with Crippen LogP contribution in [0.2, 0.25) is 0 Å². The van der Waals surface area contributed by atoms with Gasteiger partial charge in [0.05, 0.1) is 10.2 Å². The van der Waals surface area contributed by atoms with Gasteiger partial charge in [-0.05, 0) is 31.2 Å². The molecule has 0 amide bonds. The van der Waals surface area contributed by atoms with Crippen molar-refractivity contribution in [2.75, 3.05) is 0 Å². The molecule has 4 rings (SSSR count). The third kappa shape index (κ3) is 2.40. The second-order valence-electron chi connectivity index (χ2n) is 5.07. The van der Waals surface area contributed by atoms with E-state index in [2.05, 4.69) is 10.2 Å². The lowest BCUT2D eigenvalue weighted by atomic mass is 10.1. The fraction of sp³-hybridized carbons (Fsp3) is 0.125. The van der Waals surface area contributed by atoms with Crippen LogP contribution >= 0.6 is 23.1 Å². The highest BCUT2D eigenvalue weighted by atomic mass is 32.2. The first-order valence-corrected chi connectivity index (χ1v) is 8.68. The lowest BCUT2D eigenvalue weighted by Crippen LogP contribution is -1.99. The summed E-state index contributed by atoms with van der Waals surface area (Å²) in [4.78, 5) is 0.773. The molecule has 2 aromatic heterocycles. The summed E-state index contributed by atoms with van der Waals surface area (Å²) in [6, 6.07) is 11.8. The average Bonchev–Trinajstić information content (AvgIpc) is 3.07. The molecule has 116 valence electrons. The maximum atomic E-state index is 13.9. The van der Waals surface area contributed by atoms with Gasteiger partial charge in [-0.2, -0.15) is 0 Å². The van der Waals surface area contributed by atoms with Crippen LogP contribution in [0, 0.1) is 11.6 Å². The van der Waals surface area contributed by atoms with E-state index in [1.54, 1.807) is 6.92 Å². The molecule has 0 aliphatic carbocycles. The van der Waals surface area contributed by atoms with E-state index in [4.69, 9.17) is 0 Å². The molecule has 0 bridgehead atoms. The van der Waals surface area contributed by atoms with Crippen LogP contribution in [0.15, 0.2) is 47.6 Å². The molecule has 0 spiro atoms. The highest BCUT2D eigenvalue weighted by molar-refractivity contribution is 7.99. The normalized spacial score (nSPS) is 13.0. The van der Waals surface area contributed by atoms with E-state index in [9.17, 15) is 8.78 Å². The number of aromatic nitrogens is 3. The van der Waals surface area contributed by atoms with E-state index in [1.165, 1.54) is 41.3 Å². The van der Waals surface area contributed by atoms with Crippen molar-refractivity contribution in [1.82, 2.24) is 14.6 Å².